The van der Waals surface area contributed by atoms with Crippen molar-refractivity contribution in [3.8, 4) is 5.75 Å². The first-order chi connectivity index (χ1) is 14.5. The summed E-state index contributed by atoms with van der Waals surface area (Å²) in [6.07, 6.45) is -3.41. The SMILES string of the molecule is [2H]C1(C(=O)Nc2ccncc2)CC(OC)(C(F)(F)F)CN1c1ccc(F)c(F)c1OC. The first-order valence-corrected chi connectivity index (χ1v) is 8.62. The van der Waals surface area contributed by atoms with Gasteiger partial charge in [0.1, 0.15) is 6.02 Å². The van der Waals surface area contributed by atoms with Gasteiger partial charge in [0.2, 0.25) is 11.7 Å². The maximum atomic E-state index is 14.3. The van der Waals surface area contributed by atoms with E-state index in [1.165, 1.54) is 24.5 Å². The van der Waals surface area contributed by atoms with Gasteiger partial charge in [0.25, 0.3) is 0 Å². The van der Waals surface area contributed by atoms with E-state index in [4.69, 9.17) is 10.8 Å². The topological polar surface area (TPSA) is 63.7 Å². The summed E-state index contributed by atoms with van der Waals surface area (Å²) >= 11 is 0. The minimum atomic E-state index is -4.97. The van der Waals surface area contributed by atoms with Crippen molar-refractivity contribution in [1.82, 2.24) is 4.98 Å². The van der Waals surface area contributed by atoms with E-state index in [-0.39, 0.29) is 5.69 Å². The van der Waals surface area contributed by atoms with E-state index >= 15 is 0 Å². The summed E-state index contributed by atoms with van der Waals surface area (Å²) in [5.41, 5.74) is -3.13. The Morgan fingerprint density at radius 3 is 2.50 bits per heavy atom. The molecular formula is C19H18F5N3O3. The van der Waals surface area contributed by atoms with Gasteiger partial charge in [-0.15, -0.1) is 0 Å². The molecule has 1 aromatic carbocycles. The number of ether oxygens (including phenoxy) is 2. The number of nitrogens with zero attached hydrogens (tertiary/aromatic N) is 2. The minimum absolute atomic E-state index is 0.186. The Morgan fingerprint density at radius 2 is 1.93 bits per heavy atom. The molecule has 2 aromatic rings. The van der Waals surface area contributed by atoms with Gasteiger partial charge in [0, 0.05) is 31.6 Å². The van der Waals surface area contributed by atoms with E-state index in [1.807, 2.05) is 0 Å². The normalized spacial score (nSPS) is 24.5. The average Bonchev–Trinajstić information content (AvgIpc) is 3.06. The lowest BCUT2D eigenvalue weighted by molar-refractivity contribution is -0.261. The Bertz CT molecular complexity index is 978. The van der Waals surface area contributed by atoms with Gasteiger partial charge in [-0.25, -0.2) is 4.39 Å². The third-order valence-corrected chi connectivity index (χ3v) is 4.82. The Labute approximate surface area is 170 Å². The van der Waals surface area contributed by atoms with E-state index in [2.05, 4.69) is 10.3 Å². The fraction of sp³-hybridized carbons (Fsp3) is 0.368. The number of carbonyl (C=O) groups is 1. The highest BCUT2D eigenvalue weighted by Gasteiger charge is 2.63. The number of halogens is 5. The second-order valence-electron chi connectivity index (χ2n) is 6.51. The highest BCUT2D eigenvalue weighted by molar-refractivity contribution is 5.97. The Morgan fingerprint density at radius 1 is 1.27 bits per heavy atom. The van der Waals surface area contributed by atoms with Gasteiger partial charge in [-0.2, -0.15) is 17.6 Å². The molecule has 1 fully saturated rings. The fourth-order valence-corrected chi connectivity index (χ4v) is 3.22. The molecule has 2 unspecified atom stereocenters. The predicted octanol–water partition coefficient (Wildman–Crippen LogP) is 3.53. The quantitative estimate of drug-likeness (QED) is 0.733. The summed E-state index contributed by atoms with van der Waals surface area (Å²) in [5, 5.41) is 2.36. The van der Waals surface area contributed by atoms with Crippen LogP contribution in [0.1, 0.15) is 7.79 Å². The lowest BCUT2D eigenvalue weighted by Gasteiger charge is -2.31. The first kappa shape index (κ1) is 20.3. The second kappa shape index (κ2) is 8.05. The van der Waals surface area contributed by atoms with Crippen LogP contribution in [0.2, 0.25) is 0 Å². The number of methoxy groups -OCH3 is 2. The van der Waals surface area contributed by atoms with Gasteiger partial charge in [-0.1, -0.05) is 0 Å². The molecule has 2 atom stereocenters. The zero-order chi connectivity index (χ0) is 23.0. The largest absolute Gasteiger partial charge is 0.491 e. The van der Waals surface area contributed by atoms with Crippen LogP contribution in [0.4, 0.5) is 33.3 Å². The molecule has 162 valence electrons. The molecule has 2 heterocycles. The van der Waals surface area contributed by atoms with Crippen LogP contribution in [-0.2, 0) is 9.53 Å². The van der Waals surface area contributed by atoms with E-state index in [0.29, 0.717) is 11.0 Å². The number of rotatable bonds is 5. The number of alkyl halides is 3. The fourth-order valence-electron chi connectivity index (χ4n) is 3.22. The number of anilines is 2. The van der Waals surface area contributed by atoms with E-state index in [1.54, 1.807) is 0 Å². The molecule has 1 amide bonds. The molecule has 1 saturated heterocycles. The molecule has 0 aliphatic carbocycles. The van der Waals surface area contributed by atoms with Crippen LogP contribution in [-0.4, -0.2) is 49.5 Å². The van der Waals surface area contributed by atoms with Gasteiger partial charge in [0.05, 0.1) is 20.7 Å². The van der Waals surface area contributed by atoms with Crippen molar-refractivity contribution in [2.45, 2.75) is 24.2 Å². The summed E-state index contributed by atoms with van der Waals surface area (Å²) in [7, 11) is 1.80. The molecule has 0 saturated carbocycles. The molecule has 1 aliphatic rings. The number of nitrogens with one attached hydrogen (secondary N) is 1. The second-order valence-corrected chi connectivity index (χ2v) is 6.51. The molecule has 30 heavy (non-hydrogen) atoms. The van der Waals surface area contributed by atoms with Gasteiger partial charge in [-0.3, -0.25) is 9.78 Å². The number of hydrogen-bond donors (Lipinski definition) is 1. The lowest BCUT2D eigenvalue weighted by Crippen LogP contribution is -2.49. The zero-order valence-corrected chi connectivity index (χ0v) is 15.9. The van der Waals surface area contributed by atoms with E-state index < -0.39 is 59.7 Å². The lowest BCUT2D eigenvalue weighted by atomic mass is 9.99. The molecule has 1 aliphatic heterocycles. The van der Waals surface area contributed by atoms with Crippen molar-refractivity contribution < 1.29 is 37.6 Å². The molecular weight excluding hydrogens is 413 g/mol. The Hall–Kier alpha value is -2.95. The highest BCUT2D eigenvalue weighted by atomic mass is 19.4. The van der Waals surface area contributed by atoms with Crippen LogP contribution in [0, 0.1) is 11.6 Å². The average molecular weight is 432 g/mol. The van der Waals surface area contributed by atoms with E-state index in [0.717, 1.165) is 20.3 Å². The van der Waals surface area contributed by atoms with Crippen LogP contribution >= 0.6 is 0 Å². The number of hydrogen-bond acceptors (Lipinski definition) is 5. The van der Waals surface area contributed by atoms with Gasteiger partial charge in [-0.05, 0) is 24.3 Å². The minimum Gasteiger partial charge on any atom is -0.491 e. The number of pyridine rings is 1. The summed E-state index contributed by atoms with van der Waals surface area (Å²) in [4.78, 5) is 17.5. The maximum absolute atomic E-state index is 14.3. The van der Waals surface area contributed by atoms with Crippen molar-refractivity contribution in [1.29, 1.82) is 0 Å². The third kappa shape index (κ3) is 3.76. The number of carbonyl (C=O) groups excluding carboxylic acids is 1. The van der Waals surface area contributed by atoms with Crippen LogP contribution in [0.15, 0.2) is 36.7 Å². The maximum Gasteiger partial charge on any atom is 0.419 e. The summed E-state index contributed by atoms with van der Waals surface area (Å²) < 4.78 is 88.0. The molecule has 0 spiro atoms. The Kier molecular flexibility index (Phi) is 5.46. The van der Waals surface area contributed by atoms with Gasteiger partial charge in [0.15, 0.2) is 17.2 Å². The molecule has 6 nitrogen and oxygen atoms in total. The van der Waals surface area contributed by atoms with Gasteiger partial charge < -0.3 is 19.7 Å². The van der Waals surface area contributed by atoms with Crippen LogP contribution in [0.5, 0.6) is 5.75 Å². The number of amides is 1. The summed E-state index contributed by atoms with van der Waals surface area (Å²) in [5.74, 6) is -4.62. The molecule has 3 rings (SSSR count). The zero-order valence-electron chi connectivity index (χ0n) is 16.9. The standard InChI is InChI=1S/C19H18F5N3O3/c1-29-16-13(4-3-12(20)15(16)21)27-10-18(30-2,19(22,23)24)9-14(27)17(28)26-11-5-7-25-8-6-11/h3-8,14H,9-10H2,1-2H3,(H,25,26,28)/i14D. The van der Waals surface area contributed by atoms with Crippen molar-refractivity contribution in [3.63, 3.8) is 0 Å². The van der Waals surface area contributed by atoms with Crippen molar-refractivity contribution >= 4 is 17.3 Å². The first-order valence-electron chi connectivity index (χ1n) is 9.12. The van der Waals surface area contributed by atoms with Crippen molar-refractivity contribution in [3.05, 3.63) is 48.3 Å². The third-order valence-electron chi connectivity index (χ3n) is 4.82. The summed E-state index contributed by atoms with van der Waals surface area (Å²) in [6, 6.07) is 1.78. The number of aromatic nitrogens is 1. The van der Waals surface area contributed by atoms with Crippen LogP contribution in [0.25, 0.3) is 0 Å². The number of benzene rings is 1. The molecule has 11 heteroatoms. The predicted molar refractivity (Wildman–Crippen MR) is 97.3 cm³/mol. The smallest absolute Gasteiger partial charge is 0.419 e. The molecule has 0 bridgehead atoms. The van der Waals surface area contributed by atoms with Crippen molar-refractivity contribution in [2.24, 2.45) is 0 Å². The molecule has 1 aromatic heterocycles. The highest BCUT2D eigenvalue weighted by Crippen LogP contribution is 2.47. The monoisotopic (exact) mass is 432 g/mol. The summed E-state index contributed by atoms with van der Waals surface area (Å²) in [6.45, 7) is -1.03. The molecule has 0 radical (unpaired) electrons. The van der Waals surface area contributed by atoms with Crippen molar-refractivity contribution in [2.75, 3.05) is 31.0 Å². The van der Waals surface area contributed by atoms with Crippen LogP contribution < -0.4 is 15.0 Å². The van der Waals surface area contributed by atoms with Gasteiger partial charge >= 0.3 is 6.18 Å². The van der Waals surface area contributed by atoms with Crippen LogP contribution in [0.3, 0.4) is 0 Å². The molecule has 1 N–H and O–H groups in total. The Balaban J connectivity index is 2.14. The van der Waals surface area contributed by atoms with E-state index in [9.17, 15) is 26.7 Å².